The third-order valence-corrected chi connectivity index (χ3v) is 3.06. The number of nitrogens with two attached hydrogens (primary N) is 1. The lowest BCUT2D eigenvalue weighted by Gasteiger charge is -2.26. The summed E-state index contributed by atoms with van der Waals surface area (Å²) < 4.78 is 2.18. The van der Waals surface area contributed by atoms with Gasteiger partial charge >= 0.3 is 0 Å². The molecule has 0 fully saturated rings. The van der Waals surface area contributed by atoms with Crippen LogP contribution in [0.2, 0.25) is 0 Å². The minimum atomic E-state index is 0.577. The van der Waals surface area contributed by atoms with Crippen molar-refractivity contribution in [2.24, 2.45) is 5.84 Å². The molecule has 0 radical (unpaired) electrons. The molecule has 0 saturated carbocycles. The fourth-order valence-corrected chi connectivity index (χ4v) is 2.10. The molecule has 2 aromatic heterocycles. The van der Waals surface area contributed by atoms with E-state index in [0.29, 0.717) is 5.82 Å². The molecule has 0 bridgehead atoms. The molecule has 7 nitrogen and oxygen atoms in total. The van der Waals surface area contributed by atoms with Crippen LogP contribution >= 0.6 is 0 Å². The highest BCUT2D eigenvalue weighted by Crippen LogP contribution is 2.12. The second-order valence-corrected chi connectivity index (χ2v) is 4.28. The van der Waals surface area contributed by atoms with Crippen LogP contribution in [0.4, 0.5) is 5.82 Å². The molecule has 3 N–H and O–H groups in total. The Bertz CT molecular complexity index is 518. The van der Waals surface area contributed by atoms with Gasteiger partial charge in [-0.15, -0.1) is 0 Å². The number of hydrazine groups is 1. The van der Waals surface area contributed by atoms with Gasteiger partial charge in [0.15, 0.2) is 5.82 Å². The van der Waals surface area contributed by atoms with Crippen LogP contribution in [-0.2, 0) is 19.6 Å². The smallest absolute Gasteiger partial charge is 0.158 e. The van der Waals surface area contributed by atoms with Crippen molar-refractivity contribution in [1.29, 1.82) is 0 Å². The van der Waals surface area contributed by atoms with Gasteiger partial charge in [-0.1, -0.05) is 0 Å². The molecule has 18 heavy (non-hydrogen) atoms. The molecule has 7 heteroatoms. The average molecular weight is 245 g/mol. The summed E-state index contributed by atoms with van der Waals surface area (Å²) in [4.78, 5) is 15.1. The van der Waals surface area contributed by atoms with Gasteiger partial charge < -0.3 is 9.99 Å². The number of rotatable bonds is 3. The topological polar surface area (TPSA) is 84.9 Å². The van der Waals surface area contributed by atoms with Crippen LogP contribution in [0, 0.1) is 0 Å². The number of hydrogen-bond donors (Lipinski definition) is 2. The van der Waals surface area contributed by atoms with E-state index in [9.17, 15) is 0 Å². The largest absolute Gasteiger partial charge is 0.333 e. The second kappa shape index (κ2) is 4.71. The van der Waals surface area contributed by atoms with Gasteiger partial charge in [-0.3, -0.25) is 9.88 Å². The lowest BCUT2D eigenvalue weighted by Crippen LogP contribution is -2.33. The van der Waals surface area contributed by atoms with E-state index in [-0.39, 0.29) is 0 Å². The number of fused-ring (bicyclic) bond motifs is 1. The summed E-state index contributed by atoms with van der Waals surface area (Å²) in [5.74, 6) is 6.93. The highest BCUT2D eigenvalue weighted by atomic mass is 15.3. The SMILES string of the molecule is NNc1cnc(CN2CCn3ccnc3C2)cn1. The zero-order valence-corrected chi connectivity index (χ0v) is 9.95. The molecular weight excluding hydrogens is 230 g/mol. The molecule has 0 amide bonds. The first kappa shape index (κ1) is 11.1. The van der Waals surface area contributed by atoms with E-state index in [1.54, 1.807) is 12.4 Å². The fraction of sp³-hybridized carbons (Fsp3) is 0.364. The van der Waals surface area contributed by atoms with Gasteiger partial charge in [-0.25, -0.2) is 15.8 Å². The predicted molar refractivity (Wildman–Crippen MR) is 66.2 cm³/mol. The predicted octanol–water partition coefficient (Wildman–Crippen LogP) is -0.0255. The Morgan fingerprint density at radius 2 is 2.17 bits per heavy atom. The molecule has 0 aliphatic carbocycles. The standard InChI is InChI=1S/C11H15N7/c12-16-10-6-14-9(5-15-10)7-17-3-4-18-2-1-13-11(18)8-17/h1-2,5-6H,3-4,7-8,12H2,(H,15,16). The first-order chi connectivity index (χ1) is 8.85. The van der Waals surface area contributed by atoms with Crippen molar-refractivity contribution in [3.8, 4) is 0 Å². The summed E-state index contributed by atoms with van der Waals surface area (Å²) in [6.07, 6.45) is 7.26. The highest BCUT2D eigenvalue weighted by molar-refractivity contribution is 5.28. The quantitative estimate of drug-likeness (QED) is 0.583. The Kier molecular flexibility index (Phi) is 2.91. The lowest BCUT2D eigenvalue weighted by molar-refractivity contribution is 0.206. The molecule has 0 aromatic carbocycles. The zero-order chi connectivity index (χ0) is 12.4. The molecule has 0 saturated heterocycles. The number of imidazole rings is 1. The molecule has 0 unspecified atom stereocenters. The summed E-state index contributed by atoms with van der Waals surface area (Å²) >= 11 is 0. The van der Waals surface area contributed by atoms with Crippen LogP contribution in [0.3, 0.4) is 0 Å². The van der Waals surface area contributed by atoms with E-state index in [1.165, 1.54) is 0 Å². The Balaban J connectivity index is 1.67. The van der Waals surface area contributed by atoms with Gasteiger partial charge in [0.25, 0.3) is 0 Å². The Morgan fingerprint density at radius 3 is 2.94 bits per heavy atom. The molecule has 1 aliphatic rings. The Morgan fingerprint density at radius 1 is 1.22 bits per heavy atom. The minimum Gasteiger partial charge on any atom is -0.333 e. The monoisotopic (exact) mass is 245 g/mol. The van der Waals surface area contributed by atoms with Gasteiger partial charge in [0.05, 0.1) is 24.6 Å². The second-order valence-electron chi connectivity index (χ2n) is 4.28. The number of hydrogen-bond acceptors (Lipinski definition) is 6. The van der Waals surface area contributed by atoms with Crippen molar-refractivity contribution in [1.82, 2.24) is 24.4 Å². The van der Waals surface area contributed by atoms with Crippen molar-refractivity contribution in [3.05, 3.63) is 36.3 Å². The molecule has 0 atom stereocenters. The minimum absolute atomic E-state index is 0.577. The molecular formula is C11H15N7. The van der Waals surface area contributed by atoms with Crippen LogP contribution in [0.15, 0.2) is 24.8 Å². The Labute approximate surface area is 105 Å². The van der Waals surface area contributed by atoms with Gasteiger partial charge in [-0.2, -0.15) is 0 Å². The molecule has 3 rings (SSSR count). The summed E-state index contributed by atoms with van der Waals surface area (Å²) in [7, 11) is 0. The summed E-state index contributed by atoms with van der Waals surface area (Å²) in [6, 6.07) is 0. The highest BCUT2D eigenvalue weighted by Gasteiger charge is 2.16. The van der Waals surface area contributed by atoms with E-state index in [1.807, 2.05) is 12.4 Å². The van der Waals surface area contributed by atoms with E-state index in [4.69, 9.17) is 5.84 Å². The third kappa shape index (κ3) is 2.18. The zero-order valence-electron chi connectivity index (χ0n) is 9.95. The number of anilines is 1. The summed E-state index contributed by atoms with van der Waals surface area (Å²) in [6.45, 7) is 3.61. The molecule has 3 heterocycles. The molecule has 2 aromatic rings. The van der Waals surface area contributed by atoms with Crippen LogP contribution in [0.5, 0.6) is 0 Å². The number of nitrogen functional groups attached to an aromatic ring is 1. The van der Waals surface area contributed by atoms with E-state index in [0.717, 1.165) is 37.7 Å². The van der Waals surface area contributed by atoms with Crippen LogP contribution in [0.1, 0.15) is 11.5 Å². The Hall–Kier alpha value is -1.99. The van der Waals surface area contributed by atoms with Gasteiger partial charge in [0.1, 0.15) is 5.82 Å². The third-order valence-electron chi connectivity index (χ3n) is 3.06. The molecule has 94 valence electrons. The average Bonchev–Trinajstić information content (AvgIpc) is 2.87. The van der Waals surface area contributed by atoms with E-state index >= 15 is 0 Å². The lowest BCUT2D eigenvalue weighted by atomic mass is 10.3. The van der Waals surface area contributed by atoms with Gasteiger partial charge in [-0.05, 0) is 0 Å². The maximum absolute atomic E-state index is 5.25. The van der Waals surface area contributed by atoms with Crippen molar-refractivity contribution in [3.63, 3.8) is 0 Å². The van der Waals surface area contributed by atoms with E-state index in [2.05, 4.69) is 29.8 Å². The van der Waals surface area contributed by atoms with Crippen molar-refractivity contribution < 1.29 is 0 Å². The summed E-state index contributed by atoms with van der Waals surface area (Å²) in [5, 5.41) is 0. The van der Waals surface area contributed by atoms with E-state index < -0.39 is 0 Å². The van der Waals surface area contributed by atoms with Crippen LogP contribution < -0.4 is 11.3 Å². The summed E-state index contributed by atoms with van der Waals surface area (Å²) in [5.41, 5.74) is 3.41. The molecule has 1 aliphatic heterocycles. The maximum Gasteiger partial charge on any atom is 0.158 e. The van der Waals surface area contributed by atoms with Crippen molar-refractivity contribution in [2.75, 3.05) is 12.0 Å². The number of nitrogens with zero attached hydrogens (tertiary/aromatic N) is 5. The van der Waals surface area contributed by atoms with Gasteiger partial charge in [0.2, 0.25) is 0 Å². The van der Waals surface area contributed by atoms with Crippen molar-refractivity contribution in [2.45, 2.75) is 19.6 Å². The number of nitrogens with one attached hydrogen (secondary N) is 1. The maximum atomic E-state index is 5.25. The first-order valence-corrected chi connectivity index (χ1v) is 5.85. The van der Waals surface area contributed by atoms with Crippen LogP contribution in [0.25, 0.3) is 0 Å². The normalized spacial score (nSPS) is 15.4. The molecule has 0 spiro atoms. The first-order valence-electron chi connectivity index (χ1n) is 5.85. The van der Waals surface area contributed by atoms with Gasteiger partial charge in [0, 0.05) is 32.0 Å². The number of aromatic nitrogens is 4. The van der Waals surface area contributed by atoms with Crippen molar-refractivity contribution >= 4 is 5.82 Å². The fourth-order valence-electron chi connectivity index (χ4n) is 2.10. The van der Waals surface area contributed by atoms with Crippen LogP contribution in [-0.4, -0.2) is 31.0 Å².